The van der Waals surface area contributed by atoms with Gasteiger partial charge in [-0.25, -0.2) is 0 Å². The molecule has 0 spiro atoms. The standard InChI is InChI=1S/C28H32N2O5S3/c1-4-5-6-7-8-9-12-29-26(33)24(38-28(29)36)27-30(16-34-17-31)25(32)23(37-27)14-19-10-11-20-15-21(18(2)3)35-22(20)13-19/h10-11,13-15,17-18H,4-9,12,16H2,1-3H3/b23-14+,27-24+. The fraction of sp³-hybridized carbons (Fsp3) is 0.429. The van der Waals surface area contributed by atoms with E-state index in [1.54, 1.807) is 11.0 Å². The van der Waals surface area contributed by atoms with Crippen LogP contribution in [-0.2, 0) is 21.1 Å². The van der Waals surface area contributed by atoms with Crippen LogP contribution >= 0.6 is 35.3 Å². The Labute approximate surface area is 235 Å². The molecule has 0 aliphatic carbocycles. The third-order valence-electron chi connectivity index (χ3n) is 6.39. The van der Waals surface area contributed by atoms with Gasteiger partial charge < -0.3 is 9.15 Å². The molecule has 1 aliphatic rings. The number of thiocarbonyl (C=S) groups is 1. The second-order valence-electron chi connectivity index (χ2n) is 9.56. The Kier molecular flexibility index (Phi) is 9.62. The first-order chi connectivity index (χ1) is 18.3. The fourth-order valence-corrected chi connectivity index (χ4v) is 6.83. The maximum atomic E-state index is 13.3. The van der Waals surface area contributed by atoms with E-state index in [-0.39, 0.29) is 30.6 Å². The van der Waals surface area contributed by atoms with E-state index in [9.17, 15) is 14.4 Å². The first-order valence-corrected chi connectivity index (χ1v) is 15.0. The van der Waals surface area contributed by atoms with Gasteiger partial charge in [-0.2, -0.15) is 0 Å². The quantitative estimate of drug-likeness (QED) is 0.170. The van der Waals surface area contributed by atoms with Gasteiger partial charge in [0.15, 0.2) is 6.73 Å². The monoisotopic (exact) mass is 572 g/mol. The molecule has 1 fully saturated rings. The van der Waals surface area contributed by atoms with Gasteiger partial charge in [0.05, 0.1) is 4.53 Å². The lowest BCUT2D eigenvalue weighted by atomic mass is 10.1. The number of nitrogens with zero attached hydrogens (tertiary/aromatic N) is 2. The molecule has 10 heteroatoms. The van der Waals surface area contributed by atoms with Crippen LogP contribution < -0.4 is 14.8 Å². The minimum Gasteiger partial charge on any atom is -0.461 e. The van der Waals surface area contributed by atoms with E-state index < -0.39 is 0 Å². The van der Waals surface area contributed by atoms with Crippen LogP contribution in [0.2, 0.25) is 0 Å². The summed E-state index contributed by atoms with van der Waals surface area (Å²) >= 11 is 7.90. The molecule has 2 aromatic heterocycles. The highest BCUT2D eigenvalue weighted by molar-refractivity contribution is 8.30. The third kappa shape index (κ3) is 6.30. The Bertz CT molecular complexity index is 1520. The number of aromatic nitrogens is 1. The van der Waals surface area contributed by atoms with Crippen LogP contribution in [0, 0.1) is 0 Å². The van der Waals surface area contributed by atoms with E-state index >= 15 is 0 Å². The average molecular weight is 573 g/mol. The summed E-state index contributed by atoms with van der Waals surface area (Å²) in [4.78, 5) is 39.6. The summed E-state index contributed by atoms with van der Waals surface area (Å²) < 4.78 is 13.6. The third-order valence-corrected chi connectivity index (χ3v) is 9.08. The zero-order valence-electron chi connectivity index (χ0n) is 21.9. The van der Waals surface area contributed by atoms with Gasteiger partial charge in [0, 0.05) is 17.8 Å². The van der Waals surface area contributed by atoms with E-state index in [1.165, 1.54) is 46.9 Å². The number of carbonyl (C=O) groups excluding carboxylic acids is 2. The number of carbonyl (C=O) groups is 2. The minimum absolute atomic E-state index is 0.209. The maximum Gasteiger partial charge on any atom is 0.294 e. The Morgan fingerprint density at radius 1 is 1.11 bits per heavy atom. The molecule has 38 heavy (non-hydrogen) atoms. The largest absolute Gasteiger partial charge is 0.461 e. The number of hydrogen-bond acceptors (Lipinski definition) is 8. The number of thiazole rings is 1. The summed E-state index contributed by atoms with van der Waals surface area (Å²) in [5.41, 5.74) is 1.21. The summed E-state index contributed by atoms with van der Waals surface area (Å²) in [5.74, 6) is 0.961. The number of unbranched alkanes of at least 4 members (excludes halogenated alkanes) is 5. The zero-order chi connectivity index (χ0) is 27.2. The Hall–Kier alpha value is -2.69. The molecule has 3 heterocycles. The molecule has 202 valence electrons. The molecule has 0 saturated carbocycles. The normalized spacial score (nSPS) is 15.9. The van der Waals surface area contributed by atoms with Crippen molar-refractivity contribution in [3.63, 3.8) is 0 Å². The molecule has 1 amide bonds. The van der Waals surface area contributed by atoms with Crippen molar-refractivity contribution in [2.45, 2.75) is 71.9 Å². The number of amides is 1. The number of rotatable bonds is 12. The molecule has 0 unspecified atom stereocenters. The second kappa shape index (κ2) is 12.9. The lowest BCUT2D eigenvalue weighted by Crippen LogP contribution is -2.34. The van der Waals surface area contributed by atoms with Crippen molar-refractivity contribution in [2.24, 2.45) is 0 Å². The number of fused-ring (bicyclic) bond motifs is 1. The summed E-state index contributed by atoms with van der Waals surface area (Å²) in [7, 11) is 0. The van der Waals surface area contributed by atoms with E-state index in [1.807, 2.05) is 24.3 Å². The molecule has 0 bridgehead atoms. The van der Waals surface area contributed by atoms with Crippen molar-refractivity contribution < 1.29 is 18.7 Å². The lowest BCUT2D eigenvalue weighted by molar-refractivity contribution is -0.132. The van der Waals surface area contributed by atoms with Gasteiger partial charge in [0.1, 0.15) is 25.2 Å². The summed E-state index contributed by atoms with van der Waals surface area (Å²) in [6, 6.07) is 7.80. The van der Waals surface area contributed by atoms with E-state index in [0.717, 1.165) is 41.6 Å². The minimum atomic E-state index is -0.338. The summed E-state index contributed by atoms with van der Waals surface area (Å²) in [6.45, 7) is 6.89. The molecule has 1 aliphatic heterocycles. The molecule has 0 N–H and O–H groups in total. The number of furan rings is 1. The van der Waals surface area contributed by atoms with Gasteiger partial charge in [-0.3, -0.25) is 23.9 Å². The molecule has 1 aromatic carbocycles. The van der Waals surface area contributed by atoms with Crippen molar-refractivity contribution >= 4 is 74.0 Å². The van der Waals surface area contributed by atoms with Crippen LogP contribution in [0.4, 0.5) is 0 Å². The van der Waals surface area contributed by atoms with E-state index in [2.05, 4.69) is 20.8 Å². The van der Waals surface area contributed by atoms with Gasteiger partial charge >= 0.3 is 0 Å². The Morgan fingerprint density at radius 2 is 1.87 bits per heavy atom. The number of hydrogen-bond donors (Lipinski definition) is 0. The van der Waals surface area contributed by atoms with Crippen molar-refractivity contribution in [3.05, 3.63) is 55.1 Å². The summed E-state index contributed by atoms with van der Waals surface area (Å²) in [5, 5.41) is 0.997. The van der Waals surface area contributed by atoms with Crippen molar-refractivity contribution in [1.29, 1.82) is 0 Å². The van der Waals surface area contributed by atoms with Crippen LogP contribution in [0.1, 0.15) is 76.5 Å². The summed E-state index contributed by atoms with van der Waals surface area (Å²) in [6.07, 6.45) is 8.44. The van der Waals surface area contributed by atoms with Crippen molar-refractivity contribution in [1.82, 2.24) is 9.47 Å². The van der Waals surface area contributed by atoms with Gasteiger partial charge in [-0.15, -0.1) is 11.3 Å². The molecular formula is C28H32N2O5S3. The highest BCUT2D eigenvalue weighted by Crippen LogP contribution is 2.31. The molecule has 0 atom stereocenters. The Morgan fingerprint density at radius 3 is 2.61 bits per heavy atom. The zero-order valence-corrected chi connectivity index (χ0v) is 24.3. The molecular weight excluding hydrogens is 541 g/mol. The predicted molar refractivity (Wildman–Crippen MR) is 158 cm³/mol. The lowest BCUT2D eigenvalue weighted by Gasteiger charge is -2.13. The van der Waals surface area contributed by atoms with Crippen LogP contribution in [0.15, 0.2) is 33.5 Å². The first kappa shape index (κ1) is 28.3. The number of thioether (sulfide) groups is 1. The predicted octanol–water partition coefficient (Wildman–Crippen LogP) is 5.07. The maximum absolute atomic E-state index is 13.3. The average Bonchev–Trinajstić information content (AvgIpc) is 3.54. The number of benzene rings is 1. The van der Waals surface area contributed by atoms with E-state index in [4.69, 9.17) is 21.4 Å². The number of ether oxygens (including phenoxy) is 1. The second-order valence-corrected chi connectivity index (χ2v) is 12.2. The van der Waals surface area contributed by atoms with Gasteiger partial charge in [-0.05, 0) is 30.2 Å². The van der Waals surface area contributed by atoms with Crippen molar-refractivity contribution in [3.8, 4) is 0 Å². The molecule has 4 rings (SSSR count). The van der Waals surface area contributed by atoms with Crippen LogP contribution in [0.3, 0.4) is 0 Å². The molecule has 0 radical (unpaired) electrons. The SMILES string of the molecule is CCCCCCCCN1C(=O)/C(=c2\s/c(=C/c3ccc4cc(C(C)C)oc4c3)c(=O)n2COC=O)SC1=S. The molecule has 1 saturated heterocycles. The topological polar surface area (TPSA) is 81.8 Å². The highest BCUT2D eigenvalue weighted by Gasteiger charge is 2.33. The van der Waals surface area contributed by atoms with Gasteiger partial charge in [-0.1, -0.05) is 89.0 Å². The Balaban J connectivity index is 1.68. The van der Waals surface area contributed by atoms with Gasteiger partial charge in [0.2, 0.25) is 0 Å². The molecule has 7 nitrogen and oxygen atoms in total. The highest BCUT2D eigenvalue weighted by atomic mass is 32.2. The first-order valence-electron chi connectivity index (χ1n) is 12.9. The van der Waals surface area contributed by atoms with Crippen LogP contribution in [0.5, 0.6) is 0 Å². The van der Waals surface area contributed by atoms with Gasteiger partial charge in [0.25, 0.3) is 17.9 Å². The fourth-order valence-electron chi connectivity index (χ4n) is 4.27. The van der Waals surface area contributed by atoms with Crippen LogP contribution in [0.25, 0.3) is 22.0 Å². The van der Waals surface area contributed by atoms with Crippen LogP contribution in [-0.4, -0.2) is 32.7 Å². The van der Waals surface area contributed by atoms with E-state index in [0.29, 0.717) is 25.0 Å². The smallest absolute Gasteiger partial charge is 0.294 e. The molecule has 3 aromatic rings. The van der Waals surface area contributed by atoms with Crippen molar-refractivity contribution in [2.75, 3.05) is 6.54 Å².